The van der Waals surface area contributed by atoms with Gasteiger partial charge in [-0.15, -0.1) is 0 Å². The van der Waals surface area contributed by atoms with E-state index in [1.165, 1.54) is 0 Å². The molecule has 34 heavy (non-hydrogen) atoms. The van der Waals surface area contributed by atoms with Gasteiger partial charge in [-0.05, 0) is 61.0 Å². The van der Waals surface area contributed by atoms with Crippen LogP contribution in [-0.2, 0) is 27.5 Å². The minimum atomic E-state index is -3.92. The van der Waals surface area contributed by atoms with Gasteiger partial charge in [0.1, 0.15) is 18.1 Å². The average molecular weight is 499 g/mol. The zero-order chi connectivity index (χ0) is 25.0. The Hall–Kier alpha value is -2.61. The Morgan fingerprint density at radius 3 is 2.12 bits per heavy atom. The lowest BCUT2D eigenvalue weighted by atomic mass is 10.2. The van der Waals surface area contributed by atoms with Crippen LogP contribution < -0.4 is 9.16 Å². The van der Waals surface area contributed by atoms with Crippen LogP contribution in [0, 0.1) is 6.92 Å². The summed E-state index contributed by atoms with van der Waals surface area (Å²) in [7, 11) is -6.07. The summed E-state index contributed by atoms with van der Waals surface area (Å²) < 4.78 is 43.5. The van der Waals surface area contributed by atoms with Gasteiger partial charge >= 0.3 is 0 Å². The molecule has 182 valence electrons. The number of aryl methyl sites for hydroxylation is 1. The first-order valence-electron chi connectivity index (χ1n) is 11.3. The highest BCUT2D eigenvalue weighted by Gasteiger charge is 2.39. The summed E-state index contributed by atoms with van der Waals surface area (Å²) in [5, 5.41) is -0.0123. The van der Waals surface area contributed by atoms with Crippen molar-refractivity contribution in [1.29, 1.82) is 0 Å². The van der Waals surface area contributed by atoms with Gasteiger partial charge in [-0.25, -0.2) is 0 Å². The first-order chi connectivity index (χ1) is 15.9. The van der Waals surface area contributed by atoms with Gasteiger partial charge in [0.25, 0.3) is 10.1 Å². The summed E-state index contributed by atoms with van der Waals surface area (Å²) in [4.78, 5) is 0.126. The lowest BCUT2D eigenvalue weighted by Gasteiger charge is -2.37. The predicted molar refractivity (Wildman–Crippen MR) is 138 cm³/mol. The normalized spacial score (nSPS) is 12.4. The fourth-order valence-corrected chi connectivity index (χ4v) is 4.88. The van der Waals surface area contributed by atoms with Crippen LogP contribution in [0.25, 0.3) is 0 Å². The van der Waals surface area contributed by atoms with Crippen LogP contribution in [0.4, 0.5) is 0 Å². The van der Waals surface area contributed by atoms with E-state index in [-0.39, 0.29) is 16.5 Å². The smallest absolute Gasteiger partial charge is 0.297 e. The fourth-order valence-electron chi connectivity index (χ4n) is 2.94. The van der Waals surface area contributed by atoms with Crippen LogP contribution in [0.2, 0.25) is 18.1 Å². The second-order valence-electron chi connectivity index (χ2n) is 9.94. The Labute approximate surface area is 205 Å². The molecular formula is C27H34O5SSi. The molecule has 3 aromatic carbocycles. The minimum Gasteiger partial charge on any atom is -0.543 e. The summed E-state index contributed by atoms with van der Waals surface area (Å²) in [6.45, 7) is 13.0. The molecule has 0 bridgehead atoms. The van der Waals surface area contributed by atoms with E-state index < -0.39 is 18.4 Å². The molecule has 0 unspecified atom stereocenters. The molecule has 0 saturated carbocycles. The van der Waals surface area contributed by atoms with Crippen LogP contribution in [0.5, 0.6) is 11.5 Å². The molecule has 0 heterocycles. The Balaban J connectivity index is 1.86. The van der Waals surface area contributed by atoms with Crippen molar-refractivity contribution in [2.24, 2.45) is 0 Å². The van der Waals surface area contributed by atoms with Crippen LogP contribution in [0.1, 0.15) is 37.5 Å². The standard InChI is InChI=1S/C27H34O5SSi/c1-21-12-15-25(16-13-21)33(28,29)31-20-23-18-24(30-19-22-10-8-7-9-11-22)14-17-26(23)32-34(5,6)27(2,3)4/h7-18H,19-20H2,1-6H3. The van der Waals surface area contributed by atoms with Crippen LogP contribution in [0.15, 0.2) is 77.7 Å². The Bertz CT molecular complexity index is 1200. The van der Waals surface area contributed by atoms with Crippen molar-refractivity contribution in [3.63, 3.8) is 0 Å². The number of ether oxygens (including phenoxy) is 1. The van der Waals surface area contributed by atoms with Crippen molar-refractivity contribution in [2.75, 3.05) is 0 Å². The van der Waals surface area contributed by atoms with Crippen molar-refractivity contribution < 1.29 is 21.8 Å². The van der Waals surface area contributed by atoms with Crippen LogP contribution in [-0.4, -0.2) is 16.7 Å². The molecule has 5 nitrogen and oxygen atoms in total. The summed E-state index contributed by atoms with van der Waals surface area (Å²) in [6, 6.07) is 22.0. The maximum atomic E-state index is 12.8. The van der Waals surface area contributed by atoms with E-state index in [9.17, 15) is 8.42 Å². The second-order valence-corrected chi connectivity index (χ2v) is 16.3. The molecule has 0 aliphatic rings. The van der Waals surface area contributed by atoms with Gasteiger partial charge in [0.15, 0.2) is 0 Å². The van der Waals surface area contributed by atoms with E-state index in [4.69, 9.17) is 13.3 Å². The van der Waals surface area contributed by atoms with E-state index in [0.29, 0.717) is 23.7 Å². The summed E-state index contributed by atoms with van der Waals surface area (Å²) in [5.41, 5.74) is 2.65. The van der Waals surface area contributed by atoms with Gasteiger partial charge in [-0.2, -0.15) is 8.42 Å². The molecule has 3 aromatic rings. The maximum absolute atomic E-state index is 12.8. The molecule has 0 amide bonds. The molecule has 7 heteroatoms. The van der Waals surface area contributed by atoms with Crippen molar-refractivity contribution in [2.45, 2.75) is 63.9 Å². The van der Waals surface area contributed by atoms with Crippen LogP contribution in [0.3, 0.4) is 0 Å². The van der Waals surface area contributed by atoms with Crippen molar-refractivity contribution in [1.82, 2.24) is 0 Å². The van der Waals surface area contributed by atoms with E-state index >= 15 is 0 Å². The van der Waals surface area contributed by atoms with Crippen molar-refractivity contribution in [3.05, 3.63) is 89.5 Å². The predicted octanol–water partition coefficient (Wildman–Crippen LogP) is 6.86. The van der Waals surface area contributed by atoms with E-state index in [1.807, 2.05) is 49.4 Å². The van der Waals surface area contributed by atoms with Gasteiger partial charge in [0.05, 0.1) is 11.5 Å². The Kier molecular flexibility index (Phi) is 7.90. The molecule has 3 rings (SSSR count). The zero-order valence-corrected chi connectivity index (χ0v) is 22.6. The molecule has 0 aliphatic heterocycles. The summed E-state index contributed by atoms with van der Waals surface area (Å²) >= 11 is 0. The number of hydrogen-bond acceptors (Lipinski definition) is 5. The number of hydrogen-bond donors (Lipinski definition) is 0. The van der Waals surface area contributed by atoms with Crippen molar-refractivity contribution >= 4 is 18.4 Å². The largest absolute Gasteiger partial charge is 0.543 e. The number of rotatable bonds is 9. The van der Waals surface area contributed by atoms with Gasteiger partial charge in [0.2, 0.25) is 8.32 Å². The average Bonchev–Trinajstić information content (AvgIpc) is 2.77. The van der Waals surface area contributed by atoms with Gasteiger partial charge in [-0.3, -0.25) is 4.18 Å². The third-order valence-corrected chi connectivity index (χ3v) is 11.8. The summed E-state index contributed by atoms with van der Waals surface area (Å²) in [6.07, 6.45) is 0. The first-order valence-corrected chi connectivity index (χ1v) is 15.6. The fraction of sp³-hybridized carbons (Fsp3) is 0.333. The Morgan fingerprint density at radius 2 is 1.50 bits per heavy atom. The first kappa shape index (κ1) is 26.0. The van der Waals surface area contributed by atoms with Gasteiger partial charge < -0.3 is 9.16 Å². The zero-order valence-electron chi connectivity index (χ0n) is 20.8. The second kappa shape index (κ2) is 10.3. The highest BCUT2D eigenvalue weighted by Crippen LogP contribution is 2.39. The topological polar surface area (TPSA) is 61.8 Å². The highest BCUT2D eigenvalue weighted by molar-refractivity contribution is 7.86. The maximum Gasteiger partial charge on any atom is 0.297 e. The Morgan fingerprint density at radius 1 is 0.853 bits per heavy atom. The van der Waals surface area contributed by atoms with E-state index in [2.05, 4.69) is 33.9 Å². The monoisotopic (exact) mass is 498 g/mol. The third kappa shape index (κ3) is 6.71. The molecule has 0 fully saturated rings. The third-order valence-electron chi connectivity index (χ3n) is 6.13. The quantitative estimate of drug-likeness (QED) is 0.238. The molecule has 0 aliphatic carbocycles. The molecule has 0 N–H and O–H groups in total. The van der Waals surface area contributed by atoms with Gasteiger partial charge in [0, 0.05) is 5.56 Å². The molecule has 0 radical (unpaired) electrons. The minimum absolute atomic E-state index is 0.0123. The SMILES string of the molecule is Cc1ccc(S(=O)(=O)OCc2cc(OCc3ccccc3)ccc2O[Si](C)(C)C(C)(C)C)cc1. The highest BCUT2D eigenvalue weighted by atomic mass is 32.2. The van der Waals surface area contributed by atoms with Gasteiger partial charge in [-0.1, -0.05) is 68.8 Å². The van der Waals surface area contributed by atoms with E-state index in [0.717, 1.165) is 11.1 Å². The lowest BCUT2D eigenvalue weighted by molar-refractivity contribution is 0.293. The lowest BCUT2D eigenvalue weighted by Crippen LogP contribution is -2.44. The van der Waals surface area contributed by atoms with Crippen molar-refractivity contribution in [3.8, 4) is 11.5 Å². The van der Waals surface area contributed by atoms with E-state index in [1.54, 1.807) is 30.3 Å². The molecule has 0 aromatic heterocycles. The molecule has 0 saturated heterocycles. The molecule has 0 spiro atoms. The molecular weight excluding hydrogens is 464 g/mol. The number of benzene rings is 3. The molecule has 0 atom stereocenters. The summed E-state index contributed by atoms with van der Waals surface area (Å²) in [5.74, 6) is 1.25. The van der Waals surface area contributed by atoms with Crippen LogP contribution >= 0.6 is 0 Å².